The molecule has 4 nitrogen and oxygen atoms in total. The van der Waals surface area contributed by atoms with Crippen LogP contribution in [0.1, 0.15) is 12.6 Å². The zero-order valence-electron chi connectivity index (χ0n) is 14.9. The van der Waals surface area contributed by atoms with Gasteiger partial charge in [0.2, 0.25) is 0 Å². The smallest absolute Gasteiger partial charge is 0.117 e. The Morgan fingerprint density at radius 3 is 2.12 bits per heavy atom. The van der Waals surface area contributed by atoms with Crippen molar-refractivity contribution in [3.8, 4) is 11.4 Å². The standard InChI is InChI=1S/C19H14N4.C3H6/c1-20-12-18-19(15-8-4-5-9-21-15)23-17-11-14-7-3-2-6-13(14)10-16(17)22-18;1-3-2/h2-12H,1H3;3H,1H2,2H3. The minimum absolute atomic E-state index is 0.731. The normalized spacial score (nSPS) is 10.7. The number of aromatic nitrogens is 3. The summed E-state index contributed by atoms with van der Waals surface area (Å²) in [5.41, 5.74) is 3.99. The number of rotatable bonds is 2. The Kier molecular flexibility index (Phi) is 5.44. The van der Waals surface area contributed by atoms with Crippen molar-refractivity contribution >= 4 is 28.0 Å². The predicted molar refractivity (Wildman–Crippen MR) is 110 cm³/mol. The summed E-state index contributed by atoms with van der Waals surface area (Å²) in [7, 11) is 1.73. The lowest BCUT2D eigenvalue weighted by Gasteiger charge is -2.07. The summed E-state index contributed by atoms with van der Waals surface area (Å²) in [5, 5.41) is 2.30. The Hall–Kier alpha value is -3.40. The lowest BCUT2D eigenvalue weighted by atomic mass is 10.1. The van der Waals surface area contributed by atoms with Gasteiger partial charge >= 0.3 is 0 Å². The average Bonchev–Trinajstić information content (AvgIpc) is 2.67. The van der Waals surface area contributed by atoms with Crippen molar-refractivity contribution in [1.82, 2.24) is 15.0 Å². The molecule has 0 N–H and O–H groups in total. The second-order valence-corrected chi connectivity index (χ2v) is 5.66. The van der Waals surface area contributed by atoms with Crippen LogP contribution in [0.3, 0.4) is 0 Å². The van der Waals surface area contributed by atoms with E-state index in [-0.39, 0.29) is 0 Å². The molecule has 0 aliphatic heterocycles. The van der Waals surface area contributed by atoms with E-state index in [9.17, 15) is 0 Å². The lowest BCUT2D eigenvalue weighted by molar-refractivity contribution is 1.22. The van der Waals surface area contributed by atoms with Gasteiger partial charge in [-0.25, -0.2) is 9.97 Å². The molecule has 0 saturated heterocycles. The number of fused-ring (bicyclic) bond motifs is 2. The topological polar surface area (TPSA) is 51.0 Å². The highest BCUT2D eigenvalue weighted by Gasteiger charge is 2.11. The number of aliphatic imine (C=N–C) groups is 1. The molecule has 0 spiro atoms. The van der Waals surface area contributed by atoms with Crippen LogP contribution in [0.2, 0.25) is 0 Å². The van der Waals surface area contributed by atoms with E-state index in [1.54, 1.807) is 25.5 Å². The predicted octanol–water partition coefficient (Wildman–Crippen LogP) is 5.09. The summed E-state index contributed by atoms with van der Waals surface area (Å²) < 4.78 is 0. The van der Waals surface area contributed by atoms with E-state index < -0.39 is 0 Å². The van der Waals surface area contributed by atoms with Gasteiger partial charge in [0, 0.05) is 19.5 Å². The van der Waals surface area contributed by atoms with Crippen molar-refractivity contribution in [1.29, 1.82) is 0 Å². The molecule has 4 rings (SSSR count). The fourth-order valence-corrected chi connectivity index (χ4v) is 2.66. The Labute approximate surface area is 153 Å². The molecule has 0 atom stereocenters. The van der Waals surface area contributed by atoms with Gasteiger partial charge in [0.15, 0.2) is 0 Å². The van der Waals surface area contributed by atoms with Gasteiger partial charge in [-0.1, -0.05) is 36.4 Å². The highest BCUT2D eigenvalue weighted by Crippen LogP contribution is 2.24. The van der Waals surface area contributed by atoms with Gasteiger partial charge in [-0.15, -0.1) is 6.58 Å². The second-order valence-electron chi connectivity index (χ2n) is 5.66. The summed E-state index contributed by atoms with van der Waals surface area (Å²) >= 11 is 0. The van der Waals surface area contributed by atoms with Crippen LogP contribution in [0.15, 0.2) is 78.4 Å². The van der Waals surface area contributed by atoms with Crippen LogP contribution in [-0.4, -0.2) is 28.2 Å². The molecule has 4 aromatic rings. The van der Waals surface area contributed by atoms with Gasteiger partial charge in [-0.3, -0.25) is 9.98 Å². The number of benzene rings is 2. The highest BCUT2D eigenvalue weighted by atomic mass is 14.9. The quantitative estimate of drug-likeness (QED) is 0.290. The van der Waals surface area contributed by atoms with E-state index in [1.165, 1.54) is 0 Å². The van der Waals surface area contributed by atoms with Crippen LogP contribution < -0.4 is 0 Å². The monoisotopic (exact) mass is 340 g/mol. The molecule has 0 radical (unpaired) electrons. The number of allylic oxidation sites excluding steroid dienone is 1. The van der Waals surface area contributed by atoms with Crippen molar-refractivity contribution < 1.29 is 0 Å². The molecular formula is C22H20N4. The number of pyridine rings is 1. The summed E-state index contributed by atoms with van der Waals surface area (Å²) in [6.45, 7) is 5.25. The van der Waals surface area contributed by atoms with Gasteiger partial charge in [-0.2, -0.15) is 0 Å². The molecule has 4 heteroatoms. The molecule has 0 amide bonds. The molecule has 0 aliphatic rings. The largest absolute Gasteiger partial charge is 0.294 e. The number of nitrogens with zero attached hydrogens (tertiary/aromatic N) is 4. The minimum Gasteiger partial charge on any atom is -0.294 e. The summed E-state index contributed by atoms with van der Waals surface area (Å²) in [6, 6.07) is 18.1. The first kappa shape index (κ1) is 17.4. The third kappa shape index (κ3) is 3.64. The van der Waals surface area contributed by atoms with Crippen LogP contribution in [0.25, 0.3) is 33.2 Å². The molecular weight excluding hydrogens is 320 g/mol. The van der Waals surface area contributed by atoms with E-state index in [1.807, 2.05) is 37.3 Å². The van der Waals surface area contributed by atoms with Crippen LogP contribution in [0.4, 0.5) is 0 Å². The van der Waals surface area contributed by atoms with E-state index in [4.69, 9.17) is 9.97 Å². The van der Waals surface area contributed by atoms with Crippen LogP contribution >= 0.6 is 0 Å². The van der Waals surface area contributed by atoms with Crippen LogP contribution in [0, 0.1) is 0 Å². The fourth-order valence-electron chi connectivity index (χ4n) is 2.66. The van der Waals surface area contributed by atoms with Crippen LogP contribution in [-0.2, 0) is 0 Å². The molecule has 0 bridgehead atoms. The molecule has 26 heavy (non-hydrogen) atoms. The zero-order chi connectivity index (χ0) is 18.4. The van der Waals surface area contributed by atoms with E-state index >= 15 is 0 Å². The SMILES string of the molecule is C=CC.CN=Cc1nc2cc3ccccc3cc2nc1-c1ccccn1. The van der Waals surface area contributed by atoms with Gasteiger partial charge < -0.3 is 0 Å². The third-order valence-corrected chi connectivity index (χ3v) is 3.72. The molecule has 128 valence electrons. The highest BCUT2D eigenvalue weighted by molar-refractivity contribution is 5.97. The van der Waals surface area contributed by atoms with E-state index in [0.717, 1.165) is 38.9 Å². The number of hydrogen-bond donors (Lipinski definition) is 0. The fraction of sp³-hybridized carbons (Fsp3) is 0.0909. The van der Waals surface area contributed by atoms with Crippen molar-refractivity contribution in [3.05, 3.63) is 79.1 Å². The zero-order valence-corrected chi connectivity index (χ0v) is 14.9. The second kappa shape index (κ2) is 8.12. The molecule has 2 heterocycles. The summed E-state index contributed by atoms with van der Waals surface area (Å²) in [5.74, 6) is 0. The maximum atomic E-state index is 4.80. The van der Waals surface area contributed by atoms with Gasteiger partial charge in [-0.05, 0) is 42.0 Å². The molecule has 0 aliphatic carbocycles. The van der Waals surface area contributed by atoms with Crippen molar-refractivity contribution in [2.24, 2.45) is 4.99 Å². The Morgan fingerprint density at radius 2 is 1.54 bits per heavy atom. The first-order chi connectivity index (χ1) is 12.8. The van der Waals surface area contributed by atoms with Crippen LogP contribution in [0.5, 0.6) is 0 Å². The van der Waals surface area contributed by atoms with Gasteiger partial charge in [0.1, 0.15) is 11.4 Å². The first-order valence-corrected chi connectivity index (χ1v) is 8.38. The lowest BCUT2D eigenvalue weighted by Crippen LogP contribution is -1.99. The van der Waals surface area contributed by atoms with E-state index in [2.05, 4.69) is 40.8 Å². The van der Waals surface area contributed by atoms with Gasteiger partial charge in [0.05, 0.1) is 16.7 Å². The molecule has 0 unspecified atom stereocenters. The maximum Gasteiger partial charge on any atom is 0.117 e. The van der Waals surface area contributed by atoms with Crippen molar-refractivity contribution in [2.75, 3.05) is 7.05 Å². The molecule has 0 saturated carbocycles. The molecule has 0 fully saturated rings. The van der Waals surface area contributed by atoms with Crippen molar-refractivity contribution in [3.63, 3.8) is 0 Å². The molecule has 2 aromatic carbocycles. The third-order valence-electron chi connectivity index (χ3n) is 3.72. The number of hydrogen-bond acceptors (Lipinski definition) is 4. The Balaban J connectivity index is 0.000000613. The van der Waals surface area contributed by atoms with E-state index in [0.29, 0.717) is 0 Å². The summed E-state index contributed by atoms with van der Waals surface area (Å²) in [4.78, 5) is 18.0. The molecule has 2 aromatic heterocycles. The summed E-state index contributed by atoms with van der Waals surface area (Å²) in [6.07, 6.45) is 5.24. The Bertz CT molecular complexity index is 1070. The average molecular weight is 340 g/mol. The van der Waals surface area contributed by atoms with Crippen molar-refractivity contribution in [2.45, 2.75) is 6.92 Å². The Morgan fingerprint density at radius 1 is 0.923 bits per heavy atom. The van der Waals surface area contributed by atoms with Gasteiger partial charge in [0.25, 0.3) is 0 Å². The maximum absolute atomic E-state index is 4.80. The first-order valence-electron chi connectivity index (χ1n) is 8.38. The minimum atomic E-state index is 0.731.